The summed E-state index contributed by atoms with van der Waals surface area (Å²) in [4.78, 5) is 0. The van der Waals surface area contributed by atoms with E-state index in [4.69, 9.17) is 11.6 Å². The Morgan fingerprint density at radius 2 is 1.42 bits per heavy atom. The predicted molar refractivity (Wildman–Crippen MR) is 101 cm³/mol. The number of phenolic OH excluding ortho intramolecular Hbond substituents is 1. The number of benzene rings is 2. The van der Waals surface area contributed by atoms with Crippen LogP contribution in [0.4, 0.5) is 11.4 Å². The van der Waals surface area contributed by atoms with Crippen molar-refractivity contribution in [2.24, 2.45) is 10.2 Å². The molecule has 128 valence electrons. The summed E-state index contributed by atoms with van der Waals surface area (Å²) in [5.41, 5.74) is 2.77. The van der Waals surface area contributed by atoms with Crippen LogP contribution in [0.2, 0.25) is 5.02 Å². The number of aromatic hydroxyl groups is 1. The van der Waals surface area contributed by atoms with E-state index >= 15 is 0 Å². The molecule has 0 aliphatic rings. The maximum Gasteiger partial charge on any atom is 0.146 e. The molecule has 2 aromatic rings. The van der Waals surface area contributed by atoms with Crippen LogP contribution in [0.5, 0.6) is 5.75 Å². The van der Waals surface area contributed by atoms with Crippen LogP contribution in [0.1, 0.15) is 52.7 Å². The molecule has 0 bridgehead atoms. The lowest BCUT2D eigenvalue weighted by atomic mass is 9.80. The van der Waals surface area contributed by atoms with Crippen LogP contribution in [-0.4, -0.2) is 5.11 Å². The summed E-state index contributed by atoms with van der Waals surface area (Å²) < 4.78 is 0. The van der Waals surface area contributed by atoms with Gasteiger partial charge in [-0.1, -0.05) is 71.3 Å². The summed E-state index contributed by atoms with van der Waals surface area (Å²) in [6.45, 7) is 12.6. The minimum Gasteiger partial charge on any atom is -0.505 e. The number of halogens is 1. The number of nitrogens with zero attached hydrogens (tertiary/aromatic N) is 2. The van der Waals surface area contributed by atoms with Crippen LogP contribution in [0.15, 0.2) is 46.6 Å². The first kappa shape index (κ1) is 18.5. The molecule has 0 saturated carbocycles. The lowest BCUT2D eigenvalue weighted by Gasteiger charge is -2.26. The number of azo groups is 1. The largest absolute Gasteiger partial charge is 0.505 e. The Labute approximate surface area is 149 Å². The SMILES string of the molecule is CC(C)(C)c1cc(N=Nc2ccccc2Cl)c(O)c(C(C)(C)C)c1. The second-order valence-electron chi connectivity index (χ2n) is 8.04. The summed E-state index contributed by atoms with van der Waals surface area (Å²) in [6, 6.07) is 11.2. The first-order chi connectivity index (χ1) is 11.0. The first-order valence-corrected chi connectivity index (χ1v) is 8.42. The molecule has 1 N–H and O–H groups in total. The van der Waals surface area contributed by atoms with Crippen LogP contribution < -0.4 is 0 Å². The van der Waals surface area contributed by atoms with Crippen LogP contribution in [0, 0.1) is 0 Å². The predicted octanol–water partition coefficient (Wildman–Crippen LogP) is 7.06. The molecular weight excluding hydrogens is 320 g/mol. The van der Waals surface area contributed by atoms with Gasteiger partial charge in [0.2, 0.25) is 0 Å². The molecule has 2 rings (SSSR count). The monoisotopic (exact) mass is 344 g/mol. The highest BCUT2D eigenvalue weighted by Crippen LogP contribution is 2.42. The molecule has 0 atom stereocenters. The summed E-state index contributed by atoms with van der Waals surface area (Å²) in [5.74, 6) is 0.173. The molecule has 0 amide bonds. The van der Waals surface area contributed by atoms with Gasteiger partial charge in [0.25, 0.3) is 0 Å². The van der Waals surface area contributed by atoms with Gasteiger partial charge in [0.05, 0.1) is 5.02 Å². The van der Waals surface area contributed by atoms with Crippen molar-refractivity contribution >= 4 is 23.0 Å². The van der Waals surface area contributed by atoms with Gasteiger partial charge < -0.3 is 5.11 Å². The highest BCUT2D eigenvalue weighted by Gasteiger charge is 2.25. The van der Waals surface area contributed by atoms with Crippen LogP contribution in [0.3, 0.4) is 0 Å². The van der Waals surface area contributed by atoms with Crippen molar-refractivity contribution < 1.29 is 5.11 Å². The van der Waals surface area contributed by atoms with E-state index in [1.54, 1.807) is 12.1 Å². The summed E-state index contributed by atoms with van der Waals surface area (Å²) in [6.07, 6.45) is 0. The van der Waals surface area contributed by atoms with Crippen molar-refractivity contribution in [3.8, 4) is 5.75 Å². The average Bonchev–Trinajstić information content (AvgIpc) is 2.45. The number of hydrogen-bond acceptors (Lipinski definition) is 3. The van der Waals surface area contributed by atoms with Gasteiger partial charge >= 0.3 is 0 Å². The molecule has 4 heteroatoms. The average molecular weight is 345 g/mol. The van der Waals surface area contributed by atoms with Crippen molar-refractivity contribution in [2.45, 2.75) is 52.4 Å². The third kappa shape index (κ3) is 4.15. The van der Waals surface area contributed by atoms with E-state index < -0.39 is 0 Å². The third-order valence-corrected chi connectivity index (χ3v) is 4.20. The highest BCUT2D eigenvalue weighted by atomic mass is 35.5. The Hall–Kier alpha value is -1.87. The van der Waals surface area contributed by atoms with E-state index in [9.17, 15) is 5.11 Å². The van der Waals surface area contributed by atoms with Gasteiger partial charge in [0, 0.05) is 5.56 Å². The van der Waals surface area contributed by atoms with Crippen molar-refractivity contribution in [2.75, 3.05) is 0 Å². The lowest BCUT2D eigenvalue weighted by molar-refractivity contribution is 0.446. The van der Waals surface area contributed by atoms with Crippen LogP contribution in [-0.2, 0) is 10.8 Å². The molecule has 3 nitrogen and oxygen atoms in total. The lowest BCUT2D eigenvalue weighted by Crippen LogP contribution is -2.16. The summed E-state index contributed by atoms with van der Waals surface area (Å²) in [5, 5.41) is 19.7. The Morgan fingerprint density at radius 3 is 1.96 bits per heavy atom. The van der Waals surface area contributed by atoms with E-state index in [2.05, 4.69) is 57.8 Å². The molecular formula is C20H25ClN2O. The smallest absolute Gasteiger partial charge is 0.146 e. The maximum atomic E-state index is 10.7. The minimum absolute atomic E-state index is 0.0532. The van der Waals surface area contributed by atoms with E-state index in [1.807, 2.05) is 18.2 Å². The van der Waals surface area contributed by atoms with Gasteiger partial charge in [-0.15, -0.1) is 10.2 Å². The van der Waals surface area contributed by atoms with Crippen molar-refractivity contribution in [1.82, 2.24) is 0 Å². The second kappa shape index (κ2) is 6.56. The summed E-state index contributed by atoms with van der Waals surface area (Å²) in [7, 11) is 0. The fraction of sp³-hybridized carbons (Fsp3) is 0.400. The quantitative estimate of drug-likeness (QED) is 0.582. The zero-order valence-electron chi connectivity index (χ0n) is 15.2. The molecule has 0 unspecified atom stereocenters. The molecule has 24 heavy (non-hydrogen) atoms. The molecule has 0 aliphatic heterocycles. The highest BCUT2D eigenvalue weighted by molar-refractivity contribution is 6.32. The molecule has 0 saturated heterocycles. The zero-order chi connectivity index (χ0) is 18.1. The standard InChI is InChI=1S/C20H25ClN2O/c1-19(2,3)13-11-14(20(4,5)6)18(24)17(12-13)23-22-16-10-8-7-9-15(16)21/h7-12,24H,1-6H3. The Bertz CT molecular complexity index is 768. The van der Waals surface area contributed by atoms with Crippen LogP contribution >= 0.6 is 11.6 Å². The molecule has 0 fully saturated rings. The molecule has 0 spiro atoms. The number of phenols is 1. The third-order valence-electron chi connectivity index (χ3n) is 3.88. The van der Waals surface area contributed by atoms with Gasteiger partial charge in [-0.2, -0.15) is 0 Å². The fourth-order valence-corrected chi connectivity index (χ4v) is 2.51. The van der Waals surface area contributed by atoms with Gasteiger partial charge in [0.15, 0.2) is 0 Å². The van der Waals surface area contributed by atoms with Gasteiger partial charge in [-0.3, -0.25) is 0 Å². The number of rotatable bonds is 2. The second-order valence-corrected chi connectivity index (χ2v) is 8.45. The van der Waals surface area contributed by atoms with E-state index in [1.165, 1.54) is 0 Å². The summed E-state index contributed by atoms with van der Waals surface area (Å²) >= 11 is 6.12. The Morgan fingerprint density at radius 1 is 0.833 bits per heavy atom. The molecule has 2 aromatic carbocycles. The van der Waals surface area contributed by atoms with Crippen molar-refractivity contribution in [3.05, 3.63) is 52.5 Å². The molecule has 0 radical (unpaired) electrons. The minimum atomic E-state index is -0.194. The van der Waals surface area contributed by atoms with Crippen LogP contribution in [0.25, 0.3) is 0 Å². The van der Waals surface area contributed by atoms with E-state index in [0.29, 0.717) is 16.4 Å². The first-order valence-electron chi connectivity index (χ1n) is 8.04. The Balaban J connectivity index is 2.59. The molecule has 0 heterocycles. The van der Waals surface area contributed by atoms with Crippen molar-refractivity contribution in [1.29, 1.82) is 0 Å². The van der Waals surface area contributed by atoms with Gasteiger partial charge in [-0.25, -0.2) is 0 Å². The number of hydrogen-bond donors (Lipinski definition) is 1. The van der Waals surface area contributed by atoms with E-state index in [-0.39, 0.29) is 16.6 Å². The normalized spacial score (nSPS) is 12.8. The topological polar surface area (TPSA) is 45.0 Å². The maximum absolute atomic E-state index is 10.7. The van der Waals surface area contributed by atoms with Crippen molar-refractivity contribution in [3.63, 3.8) is 0 Å². The fourth-order valence-electron chi connectivity index (χ4n) is 2.34. The zero-order valence-corrected chi connectivity index (χ0v) is 15.9. The van der Waals surface area contributed by atoms with E-state index in [0.717, 1.165) is 11.1 Å². The Kier molecular flexibility index (Phi) is 5.05. The molecule has 0 aromatic heterocycles. The van der Waals surface area contributed by atoms with Gasteiger partial charge in [-0.05, 0) is 34.6 Å². The van der Waals surface area contributed by atoms with Gasteiger partial charge in [0.1, 0.15) is 17.1 Å². The molecule has 0 aliphatic carbocycles.